The van der Waals surface area contributed by atoms with Crippen LogP contribution in [-0.2, 0) is 0 Å². The van der Waals surface area contributed by atoms with Gasteiger partial charge in [-0.1, -0.05) is 12.8 Å². The van der Waals surface area contributed by atoms with E-state index in [2.05, 4.69) is 23.1 Å². The first-order valence-electron chi connectivity index (χ1n) is 5.65. The van der Waals surface area contributed by atoms with E-state index in [1.165, 1.54) is 19.3 Å². The van der Waals surface area contributed by atoms with Crippen molar-refractivity contribution >= 4 is 0 Å². The minimum atomic E-state index is 0.735. The van der Waals surface area contributed by atoms with Crippen molar-refractivity contribution in [3.63, 3.8) is 0 Å². The van der Waals surface area contributed by atoms with Gasteiger partial charge < -0.3 is 5.32 Å². The van der Waals surface area contributed by atoms with Gasteiger partial charge in [0.25, 0.3) is 0 Å². The first-order valence-corrected chi connectivity index (χ1v) is 5.65. The number of rotatable bonds is 6. The summed E-state index contributed by atoms with van der Waals surface area (Å²) in [5.74, 6) is 3.59. The molecule has 1 aliphatic carbocycles. The lowest BCUT2D eigenvalue weighted by Crippen LogP contribution is -2.50. The van der Waals surface area contributed by atoms with Gasteiger partial charge in [-0.3, -0.25) is 4.90 Å². The van der Waals surface area contributed by atoms with Crippen LogP contribution >= 0.6 is 0 Å². The highest BCUT2D eigenvalue weighted by molar-refractivity contribution is 4.96. The third-order valence-corrected chi connectivity index (χ3v) is 3.12. The van der Waals surface area contributed by atoms with Crippen LogP contribution in [0.3, 0.4) is 0 Å². The molecule has 0 aliphatic heterocycles. The molecule has 2 heteroatoms. The molecule has 0 aromatic heterocycles. The van der Waals surface area contributed by atoms with Gasteiger partial charge in [-0.2, -0.15) is 0 Å². The molecule has 80 valence electrons. The first kappa shape index (κ1) is 11.6. The van der Waals surface area contributed by atoms with Crippen LogP contribution in [-0.4, -0.2) is 37.6 Å². The third-order valence-electron chi connectivity index (χ3n) is 3.12. The minimum Gasteiger partial charge on any atom is -0.319 e. The Morgan fingerprint density at radius 1 is 1.50 bits per heavy atom. The van der Waals surface area contributed by atoms with Gasteiger partial charge in [0.1, 0.15) is 0 Å². The molecule has 0 spiro atoms. The summed E-state index contributed by atoms with van der Waals surface area (Å²) >= 11 is 0. The quantitative estimate of drug-likeness (QED) is 0.642. The largest absolute Gasteiger partial charge is 0.319 e. The number of terminal acetylenes is 1. The van der Waals surface area contributed by atoms with Gasteiger partial charge in [-0.25, -0.2) is 0 Å². The Bertz CT molecular complexity index is 195. The van der Waals surface area contributed by atoms with Crippen molar-refractivity contribution in [2.75, 3.05) is 26.7 Å². The van der Waals surface area contributed by atoms with Crippen molar-refractivity contribution < 1.29 is 0 Å². The van der Waals surface area contributed by atoms with Gasteiger partial charge in [-0.15, -0.1) is 6.42 Å². The second kappa shape index (κ2) is 6.06. The van der Waals surface area contributed by atoms with E-state index in [0.29, 0.717) is 0 Å². The molecule has 14 heavy (non-hydrogen) atoms. The van der Waals surface area contributed by atoms with Gasteiger partial charge in [0.15, 0.2) is 0 Å². The SMILES string of the molecule is C#CCN(CCC)C1CCC1CNC. The fourth-order valence-electron chi connectivity index (χ4n) is 2.30. The van der Waals surface area contributed by atoms with Crippen LogP contribution in [0.4, 0.5) is 0 Å². The zero-order valence-corrected chi connectivity index (χ0v) is 9.42. The van der Waals surface area contributed by atoms with Crippen molar-refractivity contribution in [2.45, 2.75) is 32.2 Å². The normalized spacial score (nSPS) is 25.9. The van der Waals surface area contributed by atoms with Gasteiger partial charge in [0.2, 0.25) is 0 Å². The summed E-state index contributed by atoms with van der Waals surface area (Å²) < 4.78 is 0. The standard InChI is InChI=1S/C12H22N2/c1-4-8-14(9-5-2)12-7-6-11(12)10-13-3/h1,11-13H,5-10H2,2-3H3. The van der Waals surface area contributed by atoms with Gasteiger partial charge in [0.05, 0.1) is 6.54 Å². The Morgan fingerprint density at radius 3 is 2.71 bits per heavy atom. The molecule has 2 unspecified atom stereocenters. The maximum atomic E-state index is 5.39. The second-order valence-corrected chi connectivity index (χ2v) is 4.14. The van der Waals surface area contributed by atoms with E-state index in [9.17, 15) is 0 Å². The summed E-state index contributed by atoms with van der Waals surface area (Å²) in [5, 5.41) is 3.26. The van der Waals surface area contributed by atoms with E-state index in [1.807, 2.05) is 7.05 Å². The number of nitrogens with zero attached hydrogens (tertiary/aromatic N) is 1. The molecular weight excluding hydrogens is 172 g/mol. The lowest BCUT2D eigenvalue weighted by molar-refractivity contribution is 0.0743. The highest BCUT2D eigenvalue weighted by Crippen LogP contribution is 2.31. The fourth-order valence-corrected chi connectivity index (χ4v) is 2.30. The van der Waals surface area contributed by atoms with Gasteiger partial charge in [0, 0.05) is 6.04 Å². The molecule has 0 aromatic carbocycles. The smallest absolute Gasteiger partial charge is 0.0601 e. The van der Waals surface area contributed by atoms with Crippen LogP contribution < -0.4 is 5.32 Å². The predicted octanol–water partition coefficient (Wildman–Crippen LogP) is 1.33. The van der Waals surface area contributed by atoms with E-state index < -0.39 is 0 Å². The monoisotopic (exact) mass is 194 g/mol. The second-order valence-electron chi connectivity index (χ2n) is 4.14. The molecule has 1 aliphatic rings. The van der Waals surface area contributed by atoms with Crippen LogP contribution in [0, 0.1) is 18.3 Å². The molecule has 0 aromatic rings. The maximum Gasteiger partial charge on any atom is 0.0601 e. The Hall–Kier alpha value is -0.520. The molecular formula is C12H22N2. The van der Waals surface area contributed by atoms with Crippen LogP contribution in [0.1, 0.15) is 26.2 Å². The zero-order valence-electron chi connectivity index (χ0n) is 9.42. The Kier molecular flexibility index (Phi) is 5.00. The number of nitrogens with one attached hydrogen (secondary N) is 1. The lowest BCUT2D eigenvalue weighted by Gasteiger charge is -2.43. The summed E-state index contributed by atoms with van der Waals surface area (Å²) in [6.07, 6.45) is 9.27. The lowest BCUT2D eigenvalue weighted by atomic mass is 9.78. The molecule has 1 N–H and O–H groups in total. The van der Waals surface area contributed by atoms with Gasteiger partial charge >= 0.3 is 0 Å². The average molecular weight is 194 g/mol. The highest BCUT2D eigenvalue weighted by Gasteiger charge is 2.33. The maximum absolute atomic E-state index is 5.39. The van der Waals surface area contributed by atoms with Crippen LogP contribution in [0.5, 0.6) is 0 Å². The zero-order chi connectivity index (χ0) is 10.4. The van der Waals surface area contributed by atoms with E-state index in [4.69, 9.17) is 6.42 Å². The number of hydrogen-bond acceptors (Lipinski definition) is 2. The molecule has 1 fully saturated rings. The topological polar surface area (TPSA) is 15.3 Å². The van der Waals surface area contributed by atoms with Crippen LogP contribution in [0.2, 0.25) is 0 Å². The summed E-state index contributed by atoms with van der Waals surface area (Å²) in [7, 11) is 2.03. The summed E-state index contributed by atoms with van der Waals surface area (Å²) in [6.45, 7) is 5.32. The molecule has 0 amide bonds. The Balaban J connectivity index is 2.39. The van der Waals surface area contributed by atoms with Crippen LogP contribution in [0.25, 0.3) is 0 Å². The Labute approximate surface area is 88.1 Å². The molecule has 1 saturated carbocycles. The number of hydrogen-bond donors (Lipinski definition) is 1. The van der Waals surface area contributed by atoms with Gasteiger partial charge in [-0.05, 0) is 45.3 Å². The fraction of sp³-hybridized carbons (Fsp3) is 0.833. The summed E-state index contributed by atoms with van der Waals surface area (Å²) in [5.41, 5.74) is 0. The van der Waals surface area contributed by atoms with E-state index >= 15 is 0 Å². The van der Waals surface area contributed by atoms with Crippen LogP contribution in [0.15, 0.2) is 0 Å². The summed E-state index contributed by atoms with van der Waals surface area (Å²) in [4.78, 5) is 2.46. The molecule has 0 radical (unpaired) electrons. The predicted molar refractivity (Wildman–Crippen MR) is 61.1 cm³/mol. The van der Waals surface area contributed by atoms with E-state index in [0.717, 1.165) is 31.6 Å². The molecule has 2 atom stereocenters. The Morgan fingerprint density at radius 2 is 2.29 bits per heavy atom. The van der Waals surface area contributed by atoms with Crippen molar-refractivity contribution in [3.05, 3.63) is 0 Å². The molecule has 2 nitrogen and oxygen atoms in total. The van der Waals surface area contributed by atoms with E-state index in [-0.39, 0.29) is 0 Å². The van der Waals surface area contributed by atoms with Crippen molar-refractivity contribution in [1.29, 1.82) is 0 Å². The van der Waals surface area contributed by atoms with Crippen molar-refractivity contribution in [2.24, 2.45) is 5.92 Å². The minimum absolute atomic E-state index is 0.735. The highest BCUT2D eigenvalue weighted by atomic mass is 15.2. The van der Waals surface area contributed by atoms with E-state index in [1.54, 1.807) is 0 Å². The third kappa shape index (κ3) is 2.73. The summed E-state index contributed by atoms with van der Waals surface area (Å²) in [6, 6.07) is 0.735. The van der Waals surface area contributed by atoms with Crippen molar-refractivity contribution in [1.82, 2.24) is 10.2 Å². The molecule has 0 heterocycles. The average Bonchev–Trinajstić information content (AvgIpc) is 2.13. The molecule has 0 bridgehead atoms. The molecule has 1 rings (SSSR count). The van der Waals surface area contributed by atoms with Crippen molar-refractivity contribution in [3.8, 4) is 12.3 Å². The molecule has 0 saturated heterocycles. The first-order chi connectivity index (χ1) is 6.83.